The molecule has 0 fully saturated rings. The molecule has 0 amide bonds. The average molecular weight is 537 g/mol. The van der Waals surface area contributed by atoms with Gasteiger partial charge in [0.25, 0.3) is 0 Å². The van der Waals surface area contributed by atoms with Gasteiger partial charge in [-0.3, -0.25) is 4.68 Å². The number of rotatable bonds is 6. The number of aliphatic imine (C=N–C) groups is 1. The molecule has 2 rings (SSSR count). The van der Waals surface area contributed by atoms with E-state index in [2.05, 4.69) is 20.7 Å². The van der Waals surface area contributed by atoms with Gasteiger partial charge in [0.2, 0.25) is 0 Å². The van der Waals surface area contributed by atoms with Crippen molar-refractivity contribution in [2.45, 2.75) is 52.8 Å². The Labute approximate surface area is 193 Å². The number of aryl methyl sites for hydroxylation is 2. The van der Waals surface area contributed by atoms with Gasteiger partial charge in [0.1, 0.15) is 0 Å². The van der Waals surface area contributed by atoms with Crippen LogP contribution in [0.4, 0.5) is 13.2 Å². The summed E-state index contributed by atoms with van der Waals surface area (Å²) in [5.41, 5.74) is 2.54. The van der Waals surface area contributed by atoms with Crippen molar-refractivity contribution in [3.8, 4) is 0 Å². The topological polar surface area (TPSA) is 54.2 Å². The molecule has 0 unspecified atom stereocenters. The third-order valence-electron chi connectivity index (χ3n) is 5.07. The summed E-state index contributed by atoms with van der Waals surface area (Å²) >= 11 is 0. The van der Waals surface area contributed by atoms with E-state index in [0.29, 0.717) is 31.2 Å². The zero-order valence-electron chi connectivity index (χ0n) is 18.3. The quantitative estimate of drug-likeness (QED) is 0.319. The number of hydrogen-bond donors (Lipinski definition) is 2. The number of nitrogens with one attached hydrogen (secondary N) is 2. The first-order chi connectivity index (χ1) is 13.5. The van der Waals surface area contributed by atoms with E-state index in [4.69, 9.17) is 0 Å². The Hall–Kier alpha value is -1.78. The van der Waals surface area contributed by atoms with Crippen molar-refractivity contribution >= 4 is 29.9 Å². The highest BCUT2D eigenvalue weighted by Crippen LogP contribution is 2.32. The van der Waals surface area contributed by atoms with Gasteiger partial charge in [-0.2, -0.15) is 18.3 Å². The molecule has 2 N–H and O–H groups in total. The normalized spacial score (nSPS) is 12.5. The lowest BCUT2D eigenvalue weighted by Crippen LogP contribution is -2.43. The van der Waals surface area contributed by atoms with Crippen molar-refractivity contribution < 1.29 is 13.2 Å². The van der Waals surface area contributed by atoms with E-state index in [0.717, 1.165) is 23.0 Å². The van der Waals surface area contributed by atoms with Gasteiger partial charge in [0.15, 0.2) is 5.96 Å². The molecule has 0 atom stereocenters. The second-order valence-electron chi connectivity index (χ2n) is 7.78. The van der Waals surface area contributed by atoms with Crippen LogP contribution < -0.4 is 10.6 Å². The molecular formula is C21H31F3IN5. The second-order valence-corrected chi connectivity index (χ2v) is 7.78. The zero-order chi connectivity index (χ0) is 21.8. The predicted octanol–water partition coefficient (Wildman–Crippen LogP) is 4.71. The fraction of sp³-hybridized carbons (Fsp3) is 0.524. The molecule has 5 nitrogen and oxygen atoms in total. The van der Waals surface area contributed by atoms with Crippen molar-refractivity contribution in [1.29, 1.82) is 0 Å². The van der Waals surface area contributed by atoms with Crippen molar-refractivity contribution in [3.63, 3.8) is 0 Å². The summed E-state index contributed by atoms with van der Waals surface area (Å²) in [5.74, 6) is 0.621. The molecule has 0 bridgehead atoms. The molecular weight excluding hydrogens is 506 g/mol. The van der Waals surface area contributed by atoms with Crippen LogP contribution in [0.2, 0.25) is 0 Å². The summed E-state index contributed by atoms with van der Waals surface area (Å²) in [6.45, 7) is 11.3. The number of guanidine groups is 1. The second kappa shape index (κ2) is 10.5. The maximum Gasteiger partial charge on any atom is 0.416 e. The Balaban J connectivity index is 0.00000450. The highest BCUT2D eigenvalue weighted by atomic mass is 127. The fourth-order valence-corrected chi connectivity index (χ4v) is 3.07. The van der Waals surface area contributed by atoms with Gasteiger partial charge >= 0.3 is 6.18 Å². The monoisotopic (exact) mass is 537 g/mol. The summed E-state index contributed by atoms with van der Waals surface area (Å²) in [4.78, 5) is 4.63. The van der Waals surface area contributed by atoms with E-state index in [1.807, 2.05) is 46.3 Å². The van der Waals surface area contributed by atoms with Crippen LogP contribution in [-0.4, -0.2) is 28.8 Å². The van der Waals surface area contributed by atoms with Gasteiger partial charge in [0.05, 0.1) is 17.8 Å². The minimum atomic E-state index is -4.35. The van der Waals surface area contributed by atoms with Crippen LogP contribution in [0, 0.1) is 13.8 Å². The molecule has 1 aromatic carbocycles. The zero-order valence-corrected chi connectivity index (χ0v) is 20.6. The molecule has 0 radical (unpaired) electrons. The largest absolute Gasteiger partial charge is 0.416 e. The lowest BCUT2D eigenvalue weighted by molar-refractivity contribution is -0.137. The summed E-state index contributed by atoms with van der Waals surface area (Å²) in [5, 5.41) is 10.9. The van der Waals surface area contributed by atoms with E-state index in [1.165, 1.54) is 12.1 Å². The lowest BCUT2D eigenvalue weighted by atomic mass is 9.84. The number of benzene rings is 1. The highest BCUT2D eigenvalue weighted by molar-refractivity contribution is 14.0. The van der Waals surface area contributed by atoms with Crippen molar-refractivity contribution in [2.24, 2.45) is 12.0 Å². The molecule has 9 heteroatoms. The molecule has 1 aromatic heterocycles. The molecule has 0 spiro atoms. The molecule has 2 aromatic rings. The van der Waals surface area contributed by atoms with Crippen LogP contribution in [0.5, 0.6) is 0 Å². The number of alkyl halides is 3. The third kappa shape index (κ3) is 6.61. The minimum Gasteiger partial charge on any atom is -0.357 e. The molecule has 168 valence electrons. The standard InChI is InChI=1S/C21H30F3N5.HI/c1-7-25-19(26-12-18-14(2)28-29(6)15(18)3)27-13-20(4,5)16-9-8-10-17(11-16)21(22,23)24;/h8-11H,7,12-13H2,1-6H3,(H2,25,26,27);1H. The van der Waals surface area contributed by atoms with Crippen molar-refractivity contribution in [2.75, 3.05) is 13.1 Å². The van der Waals surface area contributed by atoms with Gasteiger partial charge in [-0.25, -0.2) is 4.99 Å². The Bertz CT molecular complexity index is 872. The van der Waals surface area contributed by atoms with Crippen LogP contribution in [-0.2, 0) is 25.2 Å². The molecule has 0 aliphatic carbocycles. The number of aromatic nitrogens is 2. The van der Waals surface area contributed by atoms with E-state index >= 15 is 0 Å². The summed E-state index contributed by atoms with van der Waals surface area (Å²) in [6, 6.07) is 5.49. The van der Waals surface area contributed by atoms with Crippen LogP contribution in [0.25, 0.3) is 0 Å². The van der Waals surface area contributed by atoms with Gasteiger partial charge in [-0.1, -0.05) is 32.0 Å². The minimum absolute atomic E-state index is 0. The number of hydrogen-bond acceptors (Lipinski definition) is 2. The van der Waals surface area contributed by atoms with Crippen molar-refractivity contribution in [3.05, 3.63) is 52.3 Å². The first-order valence-electron chi connectivity index (χ1n) is 9.64. The molecule has 0 aliphatic heterocycles. The molecule has 0 aliphatic rings. The first-order valence-corrected chi connectivity index (χ1v) is 9.64. The Morgan fingerprint density at radius 2 is 1.77 bits per heavy atom. The maximum absolute atomic E-state index is 13.0. The predicted molar refractivity (Wildman–Crippen MR) is 125 cm³/mol. The van der Waals surface area contributed by atoms with Crippen LogP contribution >= 0.6 is 24.0 Å². The lowest BCUT2D eigenvalue weighted by Gasteiger charge is -2.27. The van der Waals surface area contributed by atoms with Crippen molar-refractivity contribution in [1.82, 2.24) is 20.4 Å². The summed E-state index contributed by atoms with van der Waals surface area (Å²) < 4.78 is 41.0. The molecule has 0 saturated heterocycles. The van der Waals surface area contributed by atoms with E-state index in [-0.39, 0.29) is 24.0 Å². The number of nitrogens with zero attached hydrogens (tertiary/aromatic N) is 3. The van der Waals surface area contributed by atoms with Gasteiger partial charge in [-0.05, 0) is 32.4 Å². The van der Waals surface area contributed by atoms with Crippen LogP contribution in [0.1, 0.15) is 48.8 Å². The summed E-state index contributed by atoms with van der Waals surface area (Å²) in [6.07, 6.45) is -4.35. The average Bonchev–Trinajstić information content (AvgIpc) is 2.89. The van der Waals surface area contributed by atoms with Crippen LogP contribution in [0.15, 0.2) is 29.3 Å². The Kier molecular flexibility index (Phi) is 9.19. The Morgan fingerprint density at radius 3 is 2.30 bits per heavy atom. The maximum atomic E-state index is 13.0. The SMILES string of the molecule is CCNC(=NCc1c(C)nn(C)c1C)NCC(C)(C)c1cccc(C(F)(F)F)c1.I. The van der Waals surface area contributed by atoms with Gasteiger partial charge in [-0.15, -0.1) is 24.0 Å². The highest BCUT2D eigenvalue weighted by Gasteiger charge is 2.32. The third-order valence-corrected chi connectivity index (χ3v) is 5.07. The molecule has 0 saturated carbocycles. The fourth-order valence-electron chi connectivity index (χ4n) is 3.07. The molecule has 30 heavy (non-hydrogen) atoms. The van der Waals surface area contributed by atoms with E-state index < -0.39 is 17.2 Å². The van der Waals surface area contributed by atoms with Crippen LogP contribution in [0.3, 0.4) is 0 Å². The summed E-state index contributed by atoms with van der Waals surface area (Å²) in [7, 11) is 1.90. The number of halogens is 4. The smallest absolute Gasteiger partial charge is 0.357 e. The Morgan fingerprint density at radius 1 is 1.13 bits per heavy atom. The van der Waals surface area contributed by atoms with Gasteiger partial charge < -0.3 is 10.6 Å². The first kappa shape index (κ1) is 26.3. The van der Waals surface area contributed by atoms with E-state index in [1.54, 1.807) is 6.07 Å². The van der Waals surface area contributed by atoms with E-state index in [9.17, 15) is 13.2 Å². The molecule has 1 heterocycles. The van der Waals surface area contributed by atoms with Gasteiger partial charge in [0, 0.05) is 36.8 Å².